The first-order chi connectivity index (χ1) is 18.2. The van der Waals surface area contributed by atoms with Crippen LogP contribution in [0.2, 0.25) is 0 Å². The smallest absolute Gasteiger partial charge is 0.153 e. The van der Waals surface area contributed by atoms with Gasteiger partial charge >= 0.3 is 0 Å². The molecule has 1 fully saturated rings. The van der Waals surface area contributed by atoms with Gasteiger partial charge in [-0.2, -0.15) is 5.10 Å². The standard InChI is InChI=1S/C26H27FN8O2/c27-17-2-5-21-23(12-17)31-24(30-21)13-18-14-25(34-33-18)32-26-20-4-3-19(15-22(20)28-16-29-26)37-9-1-6-35-7-10-36-11-8-35/h2-5,12,14-16H,1,6-11,13H2,(H,30,31)(H2,28,29,32,33,34). The van der Waals surface area contributed by atoms with E-state index in [0.29, 0.717) is 30.2 Å². The summed E-state index contributed by atoms with van der Waals surface area (Å²) in [6.07, 6.45) is 2.98. The summed E-state index contributed by atoms with van der Waals surface area (Å²) in [6.45, 7) is 5.25. The number of benzene rings is 2. The minimum Gasteiger partial charge on any atom is -0.493 e. The highest BCUT2D eigenvalue weighted by atomic mass is 19.1. The third-order valence-electron chi connectivity index (χ3n) is 6.33. The van der Waals surface area contributed by atoms with E-state index >= 15 is 0 Å². The van der Waals surface area contributed by atoms with Gasteiger partial charge in [0.2, 0.25) is 0 Å². The minimum atomic E-state index is -0.296. The Kier molecular flexibility index (Phi) is 6.61. The second kappa shape index (κ2) is 10.5. The fourth-order valence-electron chi connectivity index (χ4n) is 4.47. The summed E-state index contributed by atoms with van der Waals surface area (Å²) in [5.74, 6) is 2.49. The molecule has 3 N–H and O–H groups in total. The molecule has 2 aromatic carbocycles. The van der Waals surface area contributed by atoms with Crippen LogP contribution in [0.1, 0.15) is 17.9 Å². The van der Waals surface area contributed by atoms with Crippen molar-refractivity contribution in [3.63, 3.8) is 0 Å². The van der Waals surface area contributed by atoms with Crippen molar-refractivity contribution >= 4 is 33.6 Å². The largest absolute Gasteiger partial charge is 0.493 e. The molecule has 37 heavy (non-hydrogen) atoms. The normalized spacial score (nSPS) is 14.4. The molecule has 0 amide bonds. The molecule has 0 saturated carbocycles. The van der Waals surface area contributed by atoms with Gasteiger partial charge < -0.3 is 19.8 Å². The molecule has 10 nitrogen and oxygen atoms in total. The van der Waals surface area contributed by atoms with Gasteiger partial charge in [0.25, 0.3) is 0 Å². The van der Waals surface area contributed by atoms with Crippen molar-refractivity contribution in [2.45, 2.75) is 12.8 Å². The van der Waals surface area contributed by atoms with Gasteiger partial charge in [0.05, 0.1) is 36.4 Å². The van der Waals surface area contributed by atoms with E-state index in [0.717, 1.165) is 73.0 Å². The number of nitrogens with one attached hydrogen (secondary N) is 3. The number of hydrogen-bond acceptors (Lipinski definition) is 8. The summed E-state index contributed by atoms with van der Waals surface area (Å²) in [4.78, 5) is 18.9. The number of hydrogen-bond donors (Lipinski definition) is 3. The van der Waals surface area contributed by atoms with Gasteiger partial charge in [0.15, 0.2) is 5.82 Å². The van der Waals surface area contributed by atoms with Gasteiger partial charge in [-0.25, -0.2) is 19.3 Å². The zero-order valence-electron chi connectivity index (χ0n) is 20.2. The third kappa shape index (κ3) is 5.52. The maximum atomic E-state index is 13.5. The number of nitrogens with zero attached hydrogens (tertiary/aromatic N) is 5. The average Bonchev–Trinajstić information content (AvgIpc) is 3.53. The summed E-state index contributed by atoms with van der Waals surface area (Å²) in [5, 5.41) is 11.5. The van der Waals surface area contributed by atoms with Crippen molar-refractivity contribution in [1.82, 2.24) is 35.0 Å². The van der Waals surface area contributed by atoms with Crippen LogP contribution in [0.15, 0.2) is 48.8 Å². The second-order valence-electron chi connectivity index (χ2n) is 8.98. The fraction of sp³-hybridized carbons (Fsp3) is 0.308. The Bertz CT molecular complexity index is 1510. The first kappa shape index (κ1) is 23.3. The maximum Gasteiger partial charge on any atom is 0.153 e. The SMILES string of the molecule is Fc1ccc2nc(Cc3cc(Nc4ncnc5cc(OCCCN6CCOCC6)ccc45)n[nH]3)[nH]c2c1. The predicted molar refractivity (Wildman–Crippen MR) is 138 cm³/mol. The van der Waals surface area contributed by atoms with E-state index in [4.69, 9.17) is 9.47 Å². The molecule has 4 heterocycles. The number of morpholine rings is 1. The van der Waals surface area contributed by atoms with Gasteiger partial charge in [-0.3, -0.25) is 10.00 Å². The zero-order valence-corrected chi connectivity index (χ0v) is 20.2. The quantitative estimate of drug-likeness (QED) is 0.261. The van der Waals surface area contributed by atoms with Crippen LogP contribution in [0, 0.1) is 5.82 Å². The van der Waals surface area contributed by atoms with Crippen molar-refractivity contribution in [1.29, 1.82) is 0 Å². The number of ether oxygens (including phenoxy) is 2. The molecule has 1 saturated heterocycles. The van der Waals surface area contributed by atoms with Crippen LogP contribution in [0.25, 0.3) is 21.9 Å². The minimum absolute atomic E-state index is 0.296. The number of H-pyrrole nitrogens is 2. The van der Waals surface area contributed by atoms with Crippen molar-refractivity contribution in [2.75, 3.05) is 44.8 Å². The first-order valence-electron chi connectivity index (χ1n) is 12.3. The van der Waals surface area contributed by atoms with Crippen LogP contribution in [0.3, 0.4) is 0 Å². The molecule has 0 aliphatic carbocycles. The molecule has 5 aromatic rings. The molecule has 3 aromatic heterocycles. The van der Waals surface area contributed by atoms with E-state index in [2.05, 4.69) is 40.3 Å². The maximum absolute atomic E-state index is 13.5. The number of fused-ring (bicyclic) bond motifs is 2. The van der Waals surface area contributed by atoms with Gasteiger partial charge in [-0.15, -0.1) is 0 Å². The molecule has 0 bridgehead atoms. The fourth-order valence-corrected chi connectivity index (χ4v) is 4.47. The van der Waals surface area contributed by atoms with Gasteiger partial charge in [-0.1, -0.05) is 0 Å². The molecule has 0 atom stereocenters. The van der Waals surface area contributed by atoms with Gasteiger partial charge in [0, 0.05) is 49.3 Å². The lowest BCUT2D eigenvalue weighted by atomic mass is 10.2. The lowest BCUT2D eigenvalue weighted by Gasteiger charge is -2.26. The van der Waals surface area contributed by atoms with Gasteiger partial charge in [-0.05, 0) is 36.8 Å². The zero-order chi connectivity index (χ0) is 25.0. The third-order valence-corrected chi connectivity index (χ3v) is 6.33. The number of imidazole rings is 1. The summed E-state index contributed by atoms with van der Waals surface area (Å²) in [7, 11) is 0. The van der Waals surface area contributed by atoms with Gasteiger partial charge in [0.1, 0.15) is 29.5 Å². The number of rotatable bonds is 9. The van der Waals surface area contributed by atoms with Crippen molar-refractivity contribution in [2.24, 2.45) is 0 Å². The van der Waals surface area contributed by atoms with Crippen LogP contribution in [-0.2, 0) is 11.2 Å². The van der Waals surface area contributed by atoms with Crippen LogP contribution in [0.4, 0.5) is 16.0 Å². The van der Waals surface area contributed by atoms with Crippen LogP contribution in [-0.4, -0.2) is 74.5 Å². The average molecular weight is 503 g/mol. The number of anilines is 2. The number of aromatic amines is 2. The van der Waals surface area contributed by atoms with Crippen LogP contribution in [0.5, 0.6) is 5.75 Å². The summed E-state index contributed by atoms with van der Waals surface area (Å²) >= 11 is 0. The van der Waals surface area contributed by atoms with E-state index in [9.17, 15) is 4.39 Å². The number of halogens is 1. The molecule has 11 heteroatoms. The summed E-state index contributed by atoms with van der Waals surface area (Å²) < 4.78 is 24.8. The Morgan fingerprint density at radius 3 is 2.89 bits per heavy atom. The lowest BCUT2D eigenvalue weighted by Crippen LogP contribution is -2.37. The molecule has 1 aliphatic heterocycles. The number of aromatic nitrogens is 6. The highest BCUT2D eigenvalue weighted by molar-refractivity contribution is 5.91. The van der Waals surface area contributed by atoms with E-state index in [1.54, 1.807) is 6.07 Å². The Morgan fingerprint density at radius 1 is 1.05 bits per heavy atom. The lowest BCUT2D eigenvalue weighted by molar-refractivity contribution is 0.0358. The monoisotopic (exact) mass is 502 g/mol. The Balaban J connectivity index is 1.08. The molecule has 6 rings (SSSR count). The Morgan fingerprint density at radius 2 is 1.97 bits per heavy atom. The summed E-state index contributed by atoms with van der Waals surface area (Å²) in [6, 6.07) is 12.2. The first-order valence-corrected chi connectivity index (χ1v) is 12.3. The molecule has 190 valence electrons. The summed E-state index contributed by atoms with van der Waals surface area (Å²) in [5.41, 5.74) is 3.03. The van der Waals surface area contributed by atoms with Crippen molar-refractivity contribution in [3.8, 4) is 5.75 Å². The topological polar surface area (TPSA) is 117 Å². The van der Waals surface area contributed by atoms with E-state index in [1.165, 1.54) is 18.5 Å². The molecule has 0 radical (unpaired) electrons. The molecular formula is C26H27FN8O2. The van der Waals surface area contributed by atoms with E-state index in [-0.39, 0.29) is 5.82 Å². The second-order valence-corrected chi connectivity index (χ2v) is 8.98. The predicted octanol–water partition coefficient (Wildman–Crippen LogP) is 3.80. The Hall–Kier alpha value is -4.09. The van der Waals surface area contributed by atoms with Crippen molar-refractivity contribution in [3.05, 3.63) is 66.1 Å². The molecule has 0 spiro atoms. The molecule has 1 aliphatic rings. The highest BCUT2D eigenvalue weighted by Crippen LogP contribution is 2.26. The van der Waals surface area contributed by atoms with Crippen molar-refractivity contribution < 1.29 is 13.9 Å². The highest BCUT2D eigenvalue weighted by Gasteiger charge is 2.12. The Labute approximate surface area is 212 Å². The molecular weight excluding hydrogens is 475 g/mol. The van der Waals surface area contributed by atoms with E-state index in [1.807, 2.05) is 24.3 Å². The van der Waals surface area contributed by atoms with E-state index < -0.39 is 0 Å². The van der Waals surface area contributed by atoms with Crippen LogP contribution >= 0.6 is 0 Å². The molecule has 0 unspecified atom stereocenters. The van der Waals surface area contributed by atoms with Crippen LogP contribution < -0.4 is 10.1 Å².